The van der Waals surface area contributed by atoms with Crippen LogP contribution in [0.4, 0.5) is 10.1 Å². The van der Waals surface area contributed by atoms with Crippen LogP contribution in [0.15, 0.2) is 18.2 Å². The Morgan fingerprint density at radius 2 is 1.83 bits per heavy atom. The topological polar surface area (TPSA) is 27.7 Å². The SMILES string of the molecule is CC(C)N1CCC(Oc2ccc(N3CCNCC3)c(F)c2)CC1. The Morgan fingerprint density at radius 3 is 2.43 bits per heavy atom. The Morgan fingerprint density at radius 1 is 1.13 bits per heavy atom. The largest absolute Gasteiger partial charge is 0.490 e. The average molecular weight is 321 g/mol. The summed E-state index contributed by atoms with van der Waals surface area (Å²) in [4.78, 5) is 4.56. The summed E-state index contributed by atoms with van der Waals surface area (Å²) >= 11 is 0. The summed E-state index contributed by atoms with van der Waals surface area (Å²) in [5.74, 6) is 0.480. The molecule has 1 aromatic carbocycles. The van der Waals surface area contributed by atoms with Crippen molar-refractivity contribution >= 4 is 5.69 Å². The molecule has 0 saturated carbocycles. The molecule has 128 valence electrons. The number of anilines is 1. The number of ether oxygens (including phenoxy) is 1. The Bertz CT molecular complexity index is 509. The van der Waals surface area contributed by atoms with Crippen LogP contribution in [0.1, 0.15) is 26.7 Å². The van der Waals surface area contributed by atoms with E-state index in [2.05, 4.69) is 29.0 Å². The van der Waals surface area contributed by atoms with Crippen LogP contribution in [-0.2, 0) is 0 Å². The molecule has 23 heavy (non-hydrogen) atoms. The van der Waals surface area contributed by atoms with Crippen molar-refractivity contribution in [1.82, 2.24) is 10.2 Å². The van der Waals surface area contributed by atoms with Gasteiger partial charge < -0.3 is 19.9 Å². The first-order valence-electron chi connectivity index (χ1n) is 8.79. The maximum Gasteiger partial charge on any atom is 0.150 e. The van der Waals surface area contributed by atoms with E-state index in [4.69, 9.17) is 4.74 Å². The zero-order valence-corrected chi connectivity index (χ0v) is 14.2. The van der Waals surface area contributed by atoms with Gasteiger partial charge in [-0.2, -0.15) is 0 Å². The quantitative estimate of drug-likeness (QED) is 0.922. The van der Waals surface area contributed by atoms with E-state index in [1.54, 1.807) is 6.07 Å². The van der Waals surface area contributed by atoms with E-state index in [9.17, 15) is 4.39 Å². The lowest BCUT2D eigenvalue weighted by Gasteiger charge is -2.34. The van der Waals surface area contributed by atoms with E-state index in [-0.39, 0.29) is 11.9 Å². The molecule has 1 aromatic rings. The van der Waals surface area contributed by atoms with Gasteiger partial charge in [-0.1, -0.05) is 0 Å². The van der Waals surface area contributed by atoms with E-state index in [0.29, 0.717) is 17.5 Å². The number of nitrogens with zero attached hydrogens (tertiary/aromatic N) is 2. The van der Waals surface area contributed by atoms with Gasteiger partial charge in [0.2, 0.25) is 0 Å². The minimum Gasteiger partial charge on any atom is -0.490 e. The Hall–Kier alpha value is -1.33. The van der Waals surface area contributed by atoms with E-state index in [1.807, 2.05) is 12.1 Å². The van der Waals surface area contributed by atoms with Gasteiger partial charge in [0.05, 0.1) is 5.69 Å². The molecular formula is C18H28FN3O. The highest BCUT2D eigenvalue weighted by Crippen LogP contribution is 2.26. The van der Waals surface area contributed by atoms with Crippen LogP contribution < -0.4 is 15.0 Å². The van der Waals surface area contributed by atoms with Gasteiger partial charge in [0.15, 0.2) is 0 Å². The normalized spacial score (nSPS) is 21.0. The predicted octanol–water partition coefficient (Wildman–Crippen LogP) is 2.49. The van der Waals surface area contributed by atoms with Gasteiger partial charge in [-0.05, 0) is 38.8 Å². The summed E-state index contributed by atoms with van der Waals surface area (Å²) in [6.07, 6.45) is 2.23. The van der Waals surface area contributed by atoms with Crippen molar-refractivity contribution < 1.29 is 9.13 Å². The molecule has 0 bridgehead atoms. The first kappa shape index (κ1) is 16.5. The summed E-state index contributed by atoms with van der Waals surface area (Å²) < 4.78 is 20.4. The summed E-state index contributed by atoms with van der Waals surface area (Å²) in [6, 6.07) is 5.91. The molecule has 1 N–H and O–H groups in total. The second-order valence-electron chi connectivity index (χ2n) is 6.80. The van der Waals surface area contributed by atoms with E-state index in [0.717, 1.165) is 52.1 Å². The van der Waals surface area contributed by atoms with Gasteiger partial charge in [0.25, 0.3) is 0 Å². The first-order valence-corrected chi connectivity index (χ1v) is 8.79. The Kier molecular flexibility index (Phi) is 5.38. The molecule has 4 nitrogen and oxygen atoms in total. The number of halogens is 1. The number of nitrogens with one attached hydrogen (secondary N) is 1. The first-order chi connectivity index (χ1) is 11.1. The number of piperidine rings is 1. The van der Waals surface area contributed by atoms with Crippen LogP contribution in [0.3, 0.4) is 0 Å². The zero-order valence-electron chi connectivity index (χ0n) is 14.2. The molecule has 2 fully saturated rings. The second-order valence-corrected chi connectivity index (χ2v) is 6.80. The van der Waals surface area contributed by atoms with Crippen LogP contribution in [0, 0.1) is 5.82 Å². The third-order valence-electron chi connectivity index (χ3n) is 4.89. The fourth-order valence-corrected chi connectivity index (χ4v) is 3.43. The zero-order chi connectivity index (χ0) is 16.2. The molecule has 0 aliphatic carbocycles. The standard InChI is InChI=1S/C18H28FN3O/c1-14(2)21-9-5-15(6-10-21)23-16-3-4-18(17(19)13-16)22-11-7-20-8-12-22/h3-4,13-15,20H,5-12H2,1-2H3. The fourth-order valence-electron chi connectivity index (χ4n) is 3.43. The number of benzene rings is 1. The predicted molar refractivity (Wildman–Crippen MR) is 91.8 cm³/mol. The van der Waals surface area contributed by atoms with Crippen molar-refractivity contribution in [1.29, 1.82) is 0 Å². The summed E-state index contributed by atoms with van der Waals surface area (Å²) in [5, 5.41) is 3.29. The van der Waals surface area contributed by atoms with Crippen molar-refractivity contribution in [2.24, 2.45) is 0 Å². The van der Waals surface area contributed by atoms with Crippen molar-refractivity contribution in [2.75, 3.05) is 44.2 Å². The monoisotopic (exact) mass is 321 g/mol. The molecule has 2 saturated heterocycles. The van der Waals surface area contributed by atoms with Gasteiger partial charge in [0, 0.05) is 51.4 Å². The smallest absolute Gasteiger partial charge is 0.150 e. The highest BCUT2D eigenvalue weighted by atomic mass is 19.1. The van der Waals surface area contributed by atoms with Crippen molar-refractivity contribution in [3.05, 3.63) is 24.0 Å². The van der Waals surface area contributed by atoms with E-state index in [1.165, 1.54) is 0 Å². The highest BCUT2D eigenvalue weighted by molar-refractivity contribution is 5.51. The van der Waals surface area contributed by atoms with Gasteiger partial charge in [0.1, 0.15) is 17.7 Å². The summed E-state index contributed by atoms with van der Waals surface area (Å²) in [7, 11) is 0. The molecule has 0 spiro atoms. The number of piperazine rings is 1. The molecule has 0 unspecified atom stereocenters. The molecule has 0 radical (unpaired) electrons. The second kappa shape index (κ2) is 7.49. The Labute approximate surface area is 138 Å². The van der Waals surface area contributed by atoms with Crippen LogP contribution in [0.25, 0.3) is 0 Å². The van der Waals surface area contributed by atoms with Crippen LogP contribution >= 0.6 is 0 Å². The van der Waals surface area contributed by atoms with Crippen molar-refractivity contribution in [3.8, 4) is 5.75 Å². The minimum absolute atomic E-state index is 0.177. The number of hydrogen-bond donors (Lipinski definition) is 1. The molecule has 0 aromatic heterocycles. The Balaban J connectivity index is 1.58. The van der Waals surface area contributed by atoms with E-state index < -0.39 is 0 Å². The highest BCUT2D eigenvalue weighted by Gasteiger charge is 2.22. The minimum atomic E-state index is -0.177. The number of rotatable bonds is 4. The molecule has 2 aliphatic rings. The lowest BCUT2D eigenvalue weighted by atomic mass is 10.1. The number of hydrogen-bond acceptors (Lipinski definition) is 4. The molecule has 0 atom stereocenters. The molecule has 3 rings (SSSR count). The number of likely N-dealkylation sites (tertiary alicyclic amines) is 1. The van der Waals surface area contributed by atoms with Gasteiger partial charge >= 0.3 is 0 Å². The molecule has 2 aliphatic heterocycles. The van der Waals surface area contributed by atoms with Gasteiger partial charge in [-0.25, -0.2) is 4.39 Å². The van der Waals surface area contributed by atoms with Gasteiger partial charge in [-0.3, -0.25) is 0 Å². The summed E-state index contributed by atoms with van der Waals surface area (Å²) in [6.45, 7) is 10.1. The van der Waals surface area contributed by atoms with Crippen LogP contribution in [-0.4, -0.2) is 56.3 Å². The third kappa shape index (κ3) is 4.15. The molecule has 0 amide bonds. The van der Waals surface area contributed by atoms with Gasteiger partial charge in [-0.15, -0.1) is 0 Å². The fraction of sp³-hybridized carbons (Fsp3) is 0.667. The average Bonchev–Trinajstić information content (AvgIpc) is 2.56. The molecule has 5 heteroatoms. The third-order valence-corrected chi connectivity index (χ3v) is 4.89. The van der Waals surface area contributed by atoms with E-state index >= 15 is 0 Å². The lowest BCUT2D eigenvalue weighted by Crippen LogP contribution is -2.43. The maximum atomic E-state index is 14.4. The molecular weight excluding hydrogens is 293 g/mol. The molecule has 2 heterocycles. The maximum absolute atomic E-state index is 14.4. The van der Waals surface area contributed by atoms with Crippen molar-refractivity contribution in [2.45, 2.75) is 38.8 Å². The summed E-state index contributed by atoms with van der Waals surface area (Å²) in [5.41, 5.74) is 0.688. The van der Waals surface area contributed by atoms with Crippen molar-refractivity contribution in [3.63, 3.8) is 0 Å². The lowest BCUT2D eigenvalue weighted by molar-refractivity contribution is 0.0841. The van der Waals surface area contributed by atoms with Crippen LogP contribution in [0.2, 0.25) is 0 Å². The van der Waals surface area contributed by atoms with Crippen LogP contribution in [0.5, 0.6) is 5.75 Å².